The Labute approximate surface area is 416 Å². The number of aliphatic hydroxyl groups excluding tert-OH is 2. The highest BCUT2D eigenvalue weighted by Crippen LogP contribution is 2.50. The largest absolute Gasteiger partial charge is 0.507 e. The number of benzene rings is 3. The number of allylic oxidation sites excluding steroid dienone is 4. The van der Waals surface area contributed by atoms with Gasteiger partial charge in [-0.25, -0.2) is 5.84 Å². The van der Waals surface area contributed by atoms with Crippen molar-refractivity contribution in [1.29, 1.82) is 0 Å². The standard InChI is InChI=1S/C53H69N7O9.CH4O/c1-29(2)26-59-22-20-53(21-23-59)57-42-39-40-46(63)35(8)49-41(39)50(65)52(9,69-49)67-24-14-17-31(4)48(68-38(61)28-60(55)27-37(54)36-18-11-10-12-19-36)34(7)45(62)33(6)25-30(3)15-13-16-32(5)51(66)56-44(47(40)64)43(42)58-53;1-2/h10-16,18-19,24,27,29-31,33-34,45,48,62-64H,17,20-23,25-26,28,54-55H2,1-9H3,(H,56,66);2H,1H3/b15-13+,24-14+,32-16-,37-27-;/t30?,31-,33-,34-,45?,48?,52?;/m1./s1. The third kappa shape index (κ3) is 11.6. The van der Waals surface area contributed by atoms with Crippen molar-refractivity contribution in [2.24, 2.45) is 51.2 Å². The molecule has 1 spiro atoms. The number of likely N-dealkylation sites (tertiary alicyclic amines) is 1. The molecule has 4 unspecified atom stereocenters. The van der Waals surface area contributed by atoms with Gasteiger partial charge in [0.2, 0.25) is 0 Å². The van der Waals surface area contributed by atoms with Gasteiger partial charge in [0.1, 0.15) is 35.2 Å². The maximum Gasteiger partial charge on any atom is 0.327 e. The first-order chi connectivity index (χ1) is 33.6. The van der Waals surface area contributed by atoms with Crippen LogP contribution in [0.4, 0.5) is 5.69 Å². The molecule has 7 atom stereocenters. The summed E-state index contributed by atoms with van der Waals surface area (Å²) in [6.07, 6.45) is 10.2. The van der Waals surface area contributed by atoms with E-state index in [1.807, 2.05) is 64.1 Å². The van der Waals surface area contributed by atoms with Crippen molar-refractivity contribution in [2.45, 2.75) is 112 Å². The highest BCUT2D eigenvalue weighted by molar-refractivity contribution is 6.19. The van der Waals surface area contributed by atoms with Gasteiger partial charge in [0.05, 0.1) is 34.4 Å². The number of piperidine rings is 1. The number of hydrogen-bond acceptors (Lipinski definition) is 16. The van der Waals surface area contributed by atoms with Gasteiger partial charge in [0, 0.05) is 75.2 Å². The Hall–Kier alpha value is -6.27. The molecular weight excluding hydrogens is 907 g/mol. The number of phenolic OH excluding ortho intramolecular Hbond substituents is 2. The highest BCUT2D eigenvalue weighted by Gasteiger charge is 2.50. The van der Waals surface area contributed by atoms with Crippen molar-refractivity contribution in [2.75, 3.05) is 38.6 Å². The van der Waals surface area contributed by atoms with Gasteiger partial charge < -0.3 is 55.6 Å². The van der Waals surface area contributed by atoms with Crippen molar-refractivity contribution >= 4 is 39.8 Å². The van der Waals surface area contributed by atoms with E-state index < -0.39 is 53.0 Å². The number of carbonyl (C=O) groups is 3. The number of carbonyl (C=O) groups excluding carboxylic acids is 3. The minimum Gasteiger partial charge on any atom is -0.507 e. The molecule has 5 aliphatic heterocycles. The molecule has 384 valence electrons. The fourth-order valence-electron chi connectivity index (χ4n) is 10.1. The van der Waals surface area contributed by atoms with Crippen molar-refractivity contribution in [3.05, 3.63) is 100 Å². The fourth-order valence-corrected chi connectivity index (χ4v) is 10.1. The van der Waals surface area contributed by atoms with E-state index in [1.54, 1.807) is 32.1 Å². The van der Waals surface area contributed by atoms with E-state index in [4.69, 9.17) is 40.9 Å². The minimum absolute atomic E-state index is 0.0183. The number of hydrazine groups is 1. The molecule has 1 fully saturated rings. The minimum atomic E-state index is -1.91. The molecule has 17 nitrogen and oxygen atoms in total. The number of esters is 1. The van der Waals surface area contributed by atoms with Crippen LogP contribution in [-0.4, -0.2) is 105 Å². The number of aromatic hydroxyl groups is 2. The van der Waals surface area contributed by atoms with E-state index in [0.29, 0.717) is 56.0 Å². The van der Waals surface area contributed by atoms with Crippen molar-refractivity contribution in [3.8, 4) is 17.2 Å². The number of nitrogens with two attached hydrogens (primary N) is 2. The quantitative estimate of drug-likeness (QED) is 0.0633. The van der Waals surface area contributed by atoms with Gasteiger partial charge in [-0.2, -0.15) is 0 Å². The van der Waals surface area contributed by atoms with Crippen LogP contribution in [0.3, 0.4) is 0 Å². The molecule has 5 bridgehead atoms. The summed E-state index contributed by atoms with van der Waals surface area (Å²) >= 11 is 0. The second-order valence-corrected chi connectivity index (χ2v) is 20.1. The molecule has 5 aliphatic rings. The van der Waals surface area contributed by atoms with Crippen LogP contribution >= 0.6 is 0 Å². The van der Waals surface area contributed by atoms with E-state index in [1.165, 1.54) is 19.4 Å². The second kappa shape index (κ2) is 22.4. The Morgan fingerprint density at radius 2 is 1.68 bits per heavy atom. The number of fused-ring (bicyclic) bond motifs is 13. The number of rotatable bonds is 7. The monoisotopic (exact) mass is 980 g/mol. The van der Waals surface area contributed by atoms with Gasteiger partial charge in [0.15, 0.2) is 11.4 Å². The zero-order valence-electron chi connectivity index (χ0n) is 42.7. The molecule has 0 radical (unpaired) electrons. The van der Waals surface area contributed by atoms with Crippen LogP contribution in [-0.2, 0) is 19.1 Å². The molecule has 8 rings (SSSR count). The predicted octanol–water partition coefficient (Wildman–Crippen LogP) is 5.88. The van der Waals surface area contributed by atoms with Gasteiger partial charge in [-0.05, 0) is 62.0 Å². The summed E-state index contributed by atoms with van der Waals surface area (Å²) in [5, 5.41) is 47.5. The average molecular weight is 980 g/mol. The van der Waals surface area contributed by atoms with Gasteiger partial charge >= 0.3 is 11.8 Å². The molecule has 5 heterocycles. The first-order valence-electron chi connectivity index (χ1n) is 24.5. The number of ketones is 1. The van der Waals surface area contributed by atoms with Crippen LogP contribution in [0.5, 0.6) is 17.2 Å². The summed E-state index contributed by atoms with van der Waals surface area (Å²) in [5.74, 6) is 1.14. The van der Waals surface area contributed by atoms with E-state index in [0.717, 1.165) is 24.2 Å². The maximum atomic E-state index is 14.8. The van der Waals surface area contributed by atoms with Gasteiger partial charge in [0.25, 0.3) is 11.7 Å². The summed E-state index contributed by atoms with van der Waals surface area (Å²) in [4.78, 5) is 55.1. The average Bonchev–Trinajstić information content (AvgIpc) is 3.83. The van der Waals surface area contributed by atoms with Crippen LogP contribution < -0.4 is 32.3 Å². The number of nitrogens with one attached hydrogen (secondary N) is 1. The van der Waals surface area contributed by atoms with Crippen molar-refractivity contribution < 1.29 is 49.0 Å². The fraction of sp³-hybridized carbons (Fsp3) is 0.500. The van der Waals surface area contributed by atoms with Crippen LogP contribution in [0.1, 0.15) is 103 Å². The number of amides is 1. The smallest absolute Gasteiger partial charge is 0.327 e. The topological polar surface area (TPSA) is 255 Å². The highest BCUT2D eigenvalue weighted by atomic mass is 16.7. The van der Waals surface area contributed by atoms with E-state index in [-0.39, 0.29) is 74.1 Å². The number of hydrogen-bond donors (Lipinski definition) is 7. The molecule has 0 aromatic heterocycles. The molecule has 1 saturated heterocycles. The number of nitrogens with zero attached hydrogens (tertiary/aromatic N) is 4. The number of ether oxygens (including phenoxy) is 3. The first kappa shape index (κ1) is 54.1. The molecule has 9 N–H and O–H groups in total. The number of aliphatic hydroxyl groups is 2. The molecular formula is C54H73N7O10. The number of anilines is 1. The van der Waals surface area contributed by atoms with Crippen LogP contribution in [0, 0.1) is 36.5 Å². The van der Waals surface area contributed by atoms with Crippen molar-refractivity contribution in [1.82, 2.24) is 9.91 Å². The molecule has 0 saturated carbocycles. The lowest BCUT2D eigenvalue weighted by atomic mass is 9.80. The number of phenols is 2. The summed E-state index contributed by atoms with van der Waals surface area (Å²) in [5.41, 5.74) is 6.96. The summed E-state index contributed by atoms with van der Waals surface area (Å²) in [7, 11) is 1.00. The van der Waals surface area contributed by atoms with E-state index in [2.05, 4.69) is 24.1 Å². The zero-order chi connectivity index (χ0) is 52.1. The second-order valence-electron chi connectivity index (χ2n) is 20.1. The molecule has 3 aromatic rings. The SMILES string of the molecule is C/C1=C/C=C/C(C)C[C@@H](C)C(O)[C@@H](C)C(OC(=O)CN(N)/C=C(\N)c2ccccc2)[C@H](C)C/C=C/OC2(C)Oc3c(C)c(O)c4c(O)c(c5c(c4c3C2=O)=NC2(CCN(CC(C)C)CC2)N=5)NC1=O.CO. The Bertz CT molecular complexity index is 2730. The lowest BCUT2D eigenvalue weighted by molar-refractivity contribution is -0.159. The van der Waals surface area contributed by atoms with Gasteiger partial charge in [-0.1, -0.05) is 90.1 Å². The Balaban J connectivity index is 0.00000407. The third-order valence-electron chi connectivity index (χ3n) is 13.9. The lowest BCUT2D eigenvalue weighted by Gasteiger charge is -2.36. The van der Waals surface area contributed by atoms with Gasteiger partial charge in [-0.15, -0.1) is 0 Å². The first-order valence-corrected chi connectivity index (χ1v) is 24.5. The third-order valence-corrected chi connectivity index (χ3v) is 13.9. The Kier molecular flexibility index (Phi) is 17.1. The molecule has 1 amide bonds. The zero-order valence-corrected chi connectivity index (χ0v) is 42.7. The Morgan fingerprint density at radius 1 is 1.01 bits per heavy atom. The summed E-state index contributed by atoms with van der Waals surface area (Å²) < 4.78 is 18.6. The van der Waals surface area contributed by atoms with Crippen LogP contribution in [0.15, 0.2) is 82.7 Å². The van der Waals surface area contributed by atoms with Crippen LogP contribution in [0.25, 0.3) is 16.5 Å². The lowest BCUT2D eigenvalue weighted by Crippen LogP contribution is -2.43. The molecule has 71 heavy (non-hydrogen) atoms. The number of Topliss-reactive ketones (excluding diaryl/α,β-unsaturated/α-hetero) is 1. The van der Waals surface area contributed by atoms with Gasteiger partial charge in [-0.3, -0.25) is 24.4 Å². The normalized spacial score (nSPS) is 27.5. The van der Waals surface area contributed by atoms with E-state index >= 15 is 0 Å². The predicted molar refractivity (Wildman–Crippen MR) is 272 cm³/mol. The molecule has 0 aliphatic carbocycles. The van der Waals surface area contributed by atoms with Crippen LogP contribution in [0.2, 0.25) is 0 Å². The molecule has 3 aromatic carbocycles. The van der Waals surface area contributed by atoms with E-state index in [9.17, 15) is 29.7 Å². The Morgan fingerprint density at radius 3 is 2.34 bits per heavy atom. The maximum absolute atomic E-state index is 14.8. The van der Waals surface area contributed by atoms with Crippen molar-refractivity contribution in [3.63, 3.8) is 0 Å². The summed E-state index contributed by atoms with van der Waals surface area (Å²) in [6.45, 7) is 18.8. The summed E-state index contributed by atoms with van der Waals surface area (Å²) in [6, 6.07) is 9.21. The molecule has 17 heteroatoms.